The van der Waals surface area contributed by atoms with E-state index >= 15 is 0 Å². The van der Waals surface area contributed by atoms with Crippen LogP contribution in [0.4, 0.5) is 5.69 Å². The summed E-state index contributed by atoms with van der Waals surface area (Å²) in [5, 5.41) is 11.0. The van der Waals surface area contributed by atoms with Crippen molar-refractivity contribution in [2.75, 3.05) is 5.75 Å². The zero-order valence-corrected chi connectivity index (χ0v) is 19.3. The standard InChI is InChI=1S/C23H39NO5S/c1-2-3-4-5-6-7-8-9-10-11-12-13-14-17-20-30(27,28)29-21-22-18-15-16-19-23(22)24(25)26/h15-16,18-19H,2-14,17,20-21H2,1H3. The summed E-state index contributed by atoms with van der Waals surface area (Å²) < 4.78 is 29.0. The number of nitro groups is 1. The van der Waals surface area contributed by atoms with Gasteiger partial charge in [-0.3, -0.25) is 14.3 Å². The van der Waals surface area contributed by atoms with Crippen LogP contribution >= 0.6 is 0 Å². The van der Waals surface area contributed by atoms with Gasteiger partial charge in [0.1, 0.15) is 0 Å². The average molecular weight is 442 g/mol. The summed E-state index contributed by atoms with van der Waals surface area (Å²) in [6, 6.07) is 6.04. The minimum absolute atomic E-state index is 0.0360. The first-order chi connectivity index (χ1) is 14.5. The number of unbranched alkanes of at least 4 members (excludes halogenated alkanes) is 13. The Morgan fingerprint density at radius 2 is 1.27 bits per heavy atom. The molecule has 30 heavy (non-hydrogen) atoms. The van der Waals surface area contributed by atoms with Crippen molar-refractivity contribution in [3.63, 3.8) is 0 Å². The molecule has 0 aliphatic carbocycles. The predicted octanol–water partition coefficient (Wildman–Crippen LogP) is 6.92. The van der Waals surface area contributed by atoms with Crippen molar-refractivity contribution in [2.24, 2.45) is 0 Å². The highest BCUT2D eigenvalue weighted by molar-refractivity contribution is 7.86. The minimum Gasteiger partial charge on any atom is -0.265 e. The van der Waals surface area contributed by atoms with Crippen LogP contribution in [0.15, 0.2) is 24.3 Å². The Hall–Kier alpha value is -1.47. The van der Waals surface area contributed by atoms with Crippen LogP contribution < -0.4 is 0 Å². The molecule has 0 atom stereocenters. The maximum atomic E-state index is 12.0. The lowest BCUT2D eigenvalue weighted by Crippen LogP contribution is -2.11. The Morgan fingerprint density at radius 3 is 1.77 bits per heavy atom. The van der Waals surface area contributed by atoms with Gasteiger partial charge in [-0.2, -0.15) is 8.42 Å². The zero-order chi connectivity index (χ0) is 22.1. The third-order valence-corrected chi connectivity index (χ3v) is 6.60. The van der Waals surface area contributed by atoms with E-state index in [1.165, 1.54) is 76.3 Å². The fourth-order valence-corrected chi connectivity index (χ4v) is 4.48. The molecule has 0 heterocycles. The number of benzene rings is 1. The number of hydrogen-bond acceptors (Lipinski definition) is 5. The third kappa shape index (κ3) is 13.0. The SMILES string of the molecule is CCCCCCCCCCCCCCCCS(=O)(=O)OCc1ccccc1[N+](=O)[O-]. The molecular formula is C23H39NO5S. The predicted molar refractivity (Wildman–Crippen MR) is 122 cm³/mol. The number of para-hydroxylation sites is 1. The molecule has 7 heteroatoms. The van der Waals surface area contributed by atoms with Gasteiger partial charge in [-0.05, 0) is 12.5 Å². The monoisotopic (exact) mass is 441 g/mol. The zero-order valence-electron chi connectivity index (χ0n) is 18.5. The molecule has 6 nitrogen and oxygen atoms in total. The van der Waals surface area contributed by atoms with E-state index in [-0.39, 0.29) is 23.6 Å². The molecule has 0 fully saturated rings. The largest absolute Gasteiger partial charge is 0.274 e. The number of nitrogens with zero attached hydrogens (tertiary/aromatic N) is 1. The lowest BCUT2D eigenvalue weighted by atomic mass is 10.0. The lowest BCUT2D eigenvalue weighted by molar-refractivity contribution is -0.385. The van der Waals surface area contributed by atoms with E-state index in [2.05, 4.69) is 6.92 Å². The van der Waals surface area contributed by atoms with Gasteiger partial charge in [-0.25, -0.2) is 0 Å². The third-order valence-electron chi connectivity index (χ3n) is 5.33. The van der Waals surface area contributed by atoms with Crippen LogP contribution in [0, 0.1) is 10.1 Å². The van der Waals surface area contributed by atoms with Crippen LogP contribution in [-0.2, 0) is 20.9 Å². The molecule has 0 spiro atoms. The lowest BCUT2D eigenvalue weighted by Gasteiger charge is -2.06. The van der Waals surface area contributed by atoms with Gasteiger partial charge in [-0.1, -0.05) is 103 Å². The molecule has 0 bridgehead atoms. The van der Waals surface area contributed by atoms with Crippen LogP contribution in [0.1, 0.15) is 102 Å². The fraction of sp³-hybridized carbons (Fsp3) is 0.739. The molecule has 1 aromatic carbocycles. The van der Waals surface area contributed by atoms with Crippen molar-refractivity contribution in [3.05, 3.63) is 39.9 Å². The van der Waals surface area contributed by atoms with Crippen molar-refractivity contribution in [2.45, 2.75) is 103 Å². The molecule has 0 amide bonds. The molecule has 0 unspecified atom stereocenters. The minimum atomic E-state index is -3.66. The quantitative estimate of drug-likeness (QED) is 0.101. The van der Waals surface area contributed by atoms with Crippen molar-refractivity contribution < 1.29 is 17.5 Å². The highest BCUT2D eigenvalue weighted by Crippen LogP contribution is 2.19. The van der Waals surface area contributed by atoms with Gasteiger partial charge >= 0.3 is 0 Å². The van der Waals surface area contributed by atoms with Crippen LogP contribution in [0.25, 0.3) is 0 Å². The Balaban J connectivity index is 2.02. The Bertz CT molecular complexity index is 691. The van der Waals surface area contributed by atoms with E-state index in [4.69, 9.17) is 4.18 Å². The second-order valence-electron chi connectivity index (χ2n) is 8.01. The number of rotatable bonds is 19. The van der Waals surface area contributed by atoms with Crippen molar-refractivity contribution in [3.8, 4) is 0 Å². The van der Waals surface area contributed by atoms with E-state index in [9.17, 15) is 18.5 Å². The average Bonchev–Trinajstić information content (AvgIpc) is 2.72. The molecular weight excluding hydrogens is 402 g/mol. The van der Waals surface area contributed by atoms with Gasteiger partial charge in [0.05, 0.1) is 22.8 Å². The number of hydrogen-bond donors (Lipinski definition) is 0. The van der Waals surface area contributed by atoms with E-state index in [1.54, 1.807) is 12.1 Å². The van der Waals surface area contributed by atoms with Crippen molar-refractivity contribution in [1.82, 2.24) is 0 Å². The smallest absolute Gasteiger partial charge is 0.265 e. The highest BCUT2D eigenvalue weighted by Gasteiger charge is 2.16. The molecule has 0 N–H and O–H groups in total. The Labute approximate surface area is 182 Å². The van der Waals surface area contributed by atoms with Gasteiger partial charge in [-0.15, -0.1) is 0 Å². The highest BCUT2D eigenvalue weighted by atomic mass is 32.2. The van der Waals surface area contributed by atoms with E-state index in [0.29, 0.717) is 6.42 Å². The van der Waals surface area contributed by atoms with Gasteiger partial charge in [0.25, 0.3) is 15.8 Å². The number of nitro benzene ring substituents is 1. The molecule has 1 aromatic rings. The second-order valence-corrected chi connectivity index (χ2v) is 9.77. The van der Waals surface area contributed by atoms with E-state index in [0.717, 1.165) is 19.3 Å². The van der Waals surface area contributed by atoms with Crippen molar-refractivity contribution in [1.29, 1.82) is 0 Å². The van der Waals surface area contributed by atoms with Gasteiger partial charge in [0.15, 0.2) is 0 Å². The van der Waals surface area contributed by atoms with Crippen LogP contribution in [-0.4, -0.2) is 19.1 Å². The summed E-state index contributed by atoms with van der Waals surface area (Å²) in [7, 11) is -3.66. The molecule has 0 radical (unpaired) electrons. The van der Waals surface area contributed by atoms with Crippen LogP contribution in [0.5, 0.6) is 0 Å². The molecule has 0 aliphatic heterocycles. The first-order valence-corrected chi connectivity index (χ1v) is 13.1. The second kappa shape index (κ2) is 16.3. The molecule has 0 saturated carbocycles. The summed E-state index contributed by atoms with van der Waals surface area (Å²) >= 11 is 0. The summed E-state index contributed by atoms with van der Waals surface area (Å²) in [5.41, 5.74) is 0.149. The molecule has 172 valence electrons. The summed E-state index contributed by atoms with van der Waals surface area (Å²) in [6.07, 6.45) is 16.9. The van der Waals surface area contributed by atoms with E-state index in [1.807, 2.05) is 0 Å². The Morgan fingerprint density at radius 1 is 0.800 bits per heavy atom. The maximum Gasteiger partial charge on any atom is 0.274 e. The Kier molecular flexibility index (Phi) is 14.4. The molecule has 1 rings (SSSR count). The summed E-state index contributed by atoms with van der Waals surface area (Å²) in [4.78, 5) is 10.4. The van der Waals surface area contributed by atoms with Crippen LogP contribution in [0.3, 0.4) is 0 Å². The van der Waals surface area contributed by atoms with E-state index < -0.39 is 15.0 Å². The topological polar surface area (TPSA) is 86.5 Å². The normalized spacial score (nSPS) is 11.6. The van der Waals surface area contributed by atoms with Crippen LogP contribution in [0.2, 0.25) is 0 Å². The molecule has 0 aliphatic rings. The first kappa shape index (κ1) is 26.6. The molecule has 0 aromatic heterocycles. The fourth-order valence-electron chi connectivity index (χ4n) is 3.50. The van der Waals surface area contributed by atoms with Gasteiger partial charge < -0.3 is 0 Å². The van der Waals surface area contributed by atoms with Gasteiger partial charge in [0.2, 0.25) is 0 Å². The summed E-state index contributed by atoms with van der Waals surface area (Å²) in [5.74, 6) is -0.0360. The van der Waals surface area contributed by atoms with Crippen molar-refractivity contribution >= 4 is 15.8 Å². The summed E-state index contributed by atoms with van der Waals surface area (Å²) in [6.45, 7) is 1.95. The maximum absolute atomic E-state index is 12.0. The molecule has 0 saturated heterocycles. The first-order valence-electron chi connectivity index (χ1n) is 11.6. The van der Waals surface area contributed by atoms with Gasteiger partial charge in [0, 0.05) is 6.07 Å².